The SMILES string of the molecule is CCN(CC)C(=O)[C@@H](C)OC(=O)/C=C/C(=O)O[C@H](C)C(=O)N(CC)CC. The summed E-state index contributed by atoms with van der Waals surface area (Å²) in [5.74, 6) is -2.29. The average molecular weight is 370 g/mol. The molecule has 0 heterocycles. The molecule has 2 amide bonds. The summed E-state index contributed by atoms with van der Waals surface area (Å²) in [5.41, 5.74) is 0. The smallest absolute Gasteiger partial charge is 0.331 e. The summed E-state index contributed by atoms with van der Waals surface area (Å²) in [6.45, 7) is 12.3. The van der Waals surface area contributed by atoms with Crippen molar-refractivity contribution < 1.29 is 28.7 Å². The summed E-state index contributed by atoms with van der Waals surface area (Å²) in [4.78, 5) is 50.5. The van der Waals surface area contributed by atoms with E-state index < -0.39 is 24.1 Å². The Morgan fingerprint density at radius 3 is 1.19 bits per heavy atom. The first kappa shape index (κ1) is 23.6. The maximum atomic E-state index is 12.0. The summed E-state index contributed by atoms with van der Waals surface area (Å²) in [5, 5.41) is 0. The Morgan fingerprint density at radius 1 is 0.692 bits per heavy atom. The molecule has 0 saturated carbocycles. The Bertz CT molecular complexity index is 478. The molecule has 0 unspecified atom stereocenters. The molecule has 0 fully saturated rings. The summed E-state index contributed by atoms with van der Waals surface area (Å²) in [7, 11) is 0. The lowest BCUT2D eigenvalue weighted by atomic mass is 10.3. The van der Waals surface area contributed by atoms with Gasteiger partial charge in [0.2, 0.25) is 0 Å². The number of esters is 2. The topological polar surface area (TPSA) is 93.2 Å². The molecule has 0 aliphatic carbocycles. The average Bonchev–Trinajstić information content (AvgIpc) is 2.61. The second-order valence-electron chi connectivity index (χ2n) is 5.51. The molecule has 0 aromatic rings. The highest BCUT2D eigenvalue weighted by Gasteiger charge is 2.22. The summed E-state index contributed by atoms with van der Waals surface area (Å²) in [6, 6.07) is 0. The number of carbonyl (C=O) groups is 4. The molecule has 0 aromatic heterocycles. The zero-order valence-electron chi connectivity index (χ0n) is 16.5. The van der Waals surface area contributed by atoms with Crippen LogP contribution in [-0.4, -0.2) is 71.9 Å². The van der Waals surface area contributed by atoms with E-state index in [1.807, 2.05) is 27.7 Å². The first-order valence-corrected chi connectivity index (χ1v) is 8.88. The van der Waals surface area contributed by atoms with Crippen LogP contribution in [0.5, 0.6) is 0 Å². The van der Waals surface area contributed by atoms with Crippen LogP contribution < -0.4 is 0 Å². The predicted octanol–water partition coefficient (Wildman–Crippen LogP) is 1.14. The number of carbonyl (C=O) groups excluding carboxylic acids is 4. The molecular weight excluding hydrogens is 340 g/mol. The van der Waals surface area contributed by atoms with Gasteiger partial charge in [-0.1, -0.05) is 0 Å². The van der Waals surface area contributed by atoms with Gasteiger partial charge in [0, 0.05) is 38.3 Å². The molecule has 0 aliphatic heterocycles. The van der Waals surface area contributed by atoms with Crippen LogP contribution in [0.1, 0.15) is 41.5 Å². The van der Waals surface area contributed by atoms with E-state index in [1.165, 1.54) is 23.6 Å². The van der Waals surface area contributed by atoms with Crippen LogP contribution in [0.2, 0.25) is 0 Å². The van der Waals surface area contributed by atoms with Crippen LogP contribution in [-0.2, 0) is 28.7 Å². The molecule has 2 atom stereocenters. The predicted molar refractivity (Wildman–Crippen MR) is 96.1 cm³/mol. The standard InChI is InChI=1S/C18H30N2O6/c1-7-19(8-2)17(23)13(5)25-15(21)11-12-16(22)26-14(6)18(24)20(9-3)10-4/h11-14H,7-10H2,1-6H3/b12-11+/t13-,14-/m1/s1. The van der Waals surface area contributed by atoms with Gasteiger partial charge < -0.3 is 19.3 Å². The molecule has 0 aliphatic rings. The van der Waals surface area contributed by atoms with Gasteiger partial charge in [-0.2, -0.15) is 0 Å². The van der Waals surface area contributed by atoms with Crippen molar-refractivity contribution in [3.05, 3.63) is 12.2 Å². The van der Waals surface area contributed by atoms with E-state index in [1.54, 1.807) is 0 Å². The number of ether oxygens (including phenoxy) is 2. The van der Waals surface area contributed by atoms with Crippen LogP contribution in [0, 0.1) is 0 Å². The van der Waals surface area contributed by atoms with E-state index in [0.29, 0.717) is 26.2 Å². The van der Waals surface area contributed by atoms with Gasteiger partial charge in [0.1, 0.15) is 0 Å². The number of amides is 2. The van der Waals surface area contributed by atoms with Crippen LogP contribution in [0.25, 0.3) is 0 Å². The molecule has 0 N–H and O–H groups in total. The quantitative estimate of drug-likeness (QED) is 0.423. The maximum Gasteiger partial charge on any atom is 0.331 e. The lowest BCUT2D eigenvalue weighted by Gasteiger charge is -2.22. The molecule has 0 radical (unpaired) electrons. The van der Waals surface area contributed by atoms with Crippen LogP contribution in [0.3, 0.4) is 0 Å². The first-order valence-electron chi connectivity index (χ1n) is 8.88. The van der Waals surface area contributed by atoms with Crippen LogP contribution in [0.15, 0.2) is 12.2 Å². The Balaban J connectivity index is 4.57. The third kappa shape index (κ3) is 7.67. The van der Waals surface area contributed by atoms with Gasteiger partial charge in [-0.05, 0) is 41.5 Å². The minimum absolute atomic E-state index is 0.308. The summed E-state index contributed by atoms with van der Waals surface area (Å²) in [6.07, 6.45) is -0.149. The van der Waals surface area contributed by atoms with Crippen molar-refractivity contribution in [3.8, 4) is 0 Å². The molecule has 0 bridgehead atoms. The minimum atomic E-state index is -0.953. The number of hydrogen-bond donors (Lipinski definition) is 0. The molecule has 0 spiro atoms. The van der Waals surface area contributed by atoms with Gasteiger partial charge in [0.25, 0.3) is 11.8 Å². The molecule has 148 valence electrons. The summed E-state index contributed by atoms with van der Waals surface area (Å²) < 4.78 is 9.95. The van der Waals surface area contributed by atoms with E-state index in [0.717, 1.165) is 12.2 Å². The highest BCUT2D eigenvalue weighted by Crippen LogP contribution is 2.02. The molecule has 0 aromatic carbocycles. The maximum absolute atomic E-state index is 12.0. The van der Waals surface area contributed by atoms with E-state index in [2.05, 4.69) is 0 Å². The van der Waals surface area contributed by atoms with Crippen molar-refractivity contribution >= 4 is 23.8 Å². The van der Waals surface area contributed by atoms with Gasteiger partial charge in [-0.15, -0.1) is 0 Å². The number of hydrogen-bond acceptors (Lipinski definition) is 6. The largest absolute Gasteiger partial charge is 0.449 e. The van der Waals surface area contributed by atoms with E-state index in [-0.39, 0.29) is 11.8 Å². The van der Waals surface area contributed by atoms with Gasteiger partial charge in [0.15, 0.2) is 12.2 Å². The first-order chi connectivity index (χ1) is 12.2. The minimum Gasteiger partial charge on any atom is -0.449 e. The second-order valence-corrected chi connectivity index (χ2v) is 5.51. The van der Waals surface area contributed by atoms with Crippen molar-refractivity contribution in [2.24, 2.45) is 0 Å². The lowest BCUT2D eigenvalue weighted by molar-refractivity contribution is -0.156. The van der Waals surface area contributed by atoms with Gasteiger partial charge in [0.05, 0.1) is 0 Å². The fraction of sp³-hybridized carbons (Fsp3) is 0.667. The highest BCUT2D eigenvalue weighted by molar-refractivity contribution is 5.94. The fourth-order valence-electron chi connectivity index (χ4n) is 2.25. The Kier molecular flexibility index (Phi) is 10.9. The van der Waals surface area contributed by atoms with E-state index >= 15 is 0 Å². The molecular formula is C18H30N2O6. The van der Waals surface area contributed by atoms with Gasteiger partial charge >= 0.3 is 11.9 Å². The number of rotatable bonds is 10. The number of nitrogens with zero attached hydrogens (tertiary/aromatic N) is 2. The normalized spacial score (nSPS) is 13.0. The molecule has 8 heteroatoms. The lowest BCUT2D eigenvalue weighted by Crippen LogP contribution is -2.39. The fourth-order valence-corrected chi connectivity index (χ4v) is 2.25. The van der Waals surface area contributed by atoms with Gasteiger partial charge in [-0.3, -0.25) is 9.59 Å². The van der Waals surface area contributed by atoms with Gasteiger partial charge in [-0.25, -0.2) is 9.59 Å². The van der Waals surface area contributed by atoms with E-state index in [9.17, 15) is 19.2 Å². The number of likely N-dealkylation sites (N-methyl/N-ethyl adjacent to an activating group) is 2. The molecule has 26 heavy (non-hydrogen) atoms. The molecule has 0 saturated heterocycles. The van der Waals surface area contributed by atoms with Crippen LogP contribution >= 0.6 is 0 Å². The Hall–Kier alpha value is -2.38. The van der Waals surface area contributed by atoms with Crippen molar-refractivity contribution in [2.45, 2.75) is 53.8 Å². The highest BCUT2D eigenvalue weighted by atomic mass is 16.6. The summed E-state index contributed by atoms with van der Waals surface area (Å²) >= 11 is 0. The zero-order valence-corrected chi connectivity index (χ0v) is 16.5. The second kappa shape index (κ2) is 12.1. The molecule has 8 nitrogen and oxygen atoms in total. The third-order valence-corrected chi connectivity index (χ3v) is 3.79. The third-order valence-electron chi connectivity index (χ3n) is 3.79. The Morgan fingerprint density at radius 2 is 0.962 bits per heavy atom. The van der Waals surface area contributed by atoms with Crippen molar-refractivity contribution in [1.82, 2.24) is 9.80 Å². The van der Waals surface area contributed by atoms with Crippen molar-refractivity contribution in [3.63, 3.8) is 0 Å². The monoisotopic (exact) mass is 370 g/mol. The zero-order chi connectivity index (χ0) is 20.3. The van der Waals surface area contributed by atoms with Crippen molar-refractivity contribution in [1.29, 1.82) is 0 Å². The molecule has 0 rings (SSSR count). The van der Waals surface area contributed by atoms with E-state index in [4.69, 9.17) is 9.47 Å². The van der Waals surface area contributed by atoms with Crippen LogP contribution in [0.4, 0.5) is 0 Å². The Labute approximate surface area is 155 Å². The van der Waals surface area contributed by atoms with Crippen molar-refractivity contribution in [2.75, 3.05) is 26.2 Å².